The van der Waals surface area contributed by atoms with Crippen molar-refractivity contribution < 1.29 is 12.9 Å². The van der Waals surface area contributed by atoms with E-state index in [-0.39, 0.29) is 0 Å². The first-order valence-corrected chi connectivity index (χ1v) is 5.23. The average Bonchev–Trinajstić information content (AvgIpc) is 2.35. The Morgan fingerprint density at radius 2 is 2.08 bits per heavy atom. The average molecular weight is 204 g/mol. The summed E-state index contributed by atoms with van der Waals surface area (Å²) in [5.74, 6) is 0. The summed E-state index contributed by atoms with van der Waals surface area (Å²) in [5, 5.41) is 3.39. The van der Waals surface area contributed by atoms with Gasteiger partial charge in [-0.15, -0.1) is 0 Å². The van der Waals surface area contributed by atoms with E-state index in [1.807, 2.05) is 0 Å². The van der Waals surface area contributed by atoms with Crippen LogP contribution in [0.5, 0.6) is 0 Å². The van der Waals surface area contributed by atoms with Crippen LogP contribution >= 0.6 is 0 Å². The minimum absolute atomic E-state index is 0.343. The molecule has 0 atom stereocenters. The van der Waals surface area contributed by atoms with Gasteiger partial charge < -0.3 is 4.52 Å². The molecule has 5 nitrogen and oxygen atoms in total. The number of aromatic nitrogens is 1. The maximum absolute atomic E-state index is 11.5. The van der Waals surface area contributed by atoms with Crippen LogP contribution in [0.1, 0.15) is 20.8 Å². The molecule has 0 radical (unpaired) electrons. The maximum Gasteiger partial charge on any atom is 0.237 e. The number of hydrogen-bond acceptors (Lipinski definition) is 4. The van der Waals surface area contributed by atoms with Crippen LogP contribution in [0.15, 0.2) is 17.0 Å². The van der Waals surface area contributed by atoms with E-state index in [0.29, 0.717) is 5.69 Å². The third-order valence-electron chi connectivity index (χ3n) is 1.49. The molecule has 0 fully saturated rings. The third kappa shape index (κ3) is 2.21. The molecule has 0 amide bonds. The second-order valence-corrected chi connectivity index (χ2v) is 6.07. The normalized spacial score (nSPS) is 12.8. The van der Waals surface area contributed by atoms with Crippen molar-refractivity contribution in [3.8, 4) is 0 Å². The van der Waals surface area contributed by atoms with Crippen molar-refractivity contribution in [3.63, 3.8) is 0 Å². The van der Waals surface area contributed by atoms with Gasteiger partial charge in [0.15, 0.2) is 0 Å². The first-order chi connectivity index (χ1) is 5.83. The number of sulfonamides is 1. The zero-order chi connectivity index (χ0) is 10.1. The molecular formula is C7H12N2O3S. The second-order valence-electron chi connectivity index (χ2n) is 3.63. The van der Waals surface area contributed by atoms with E-state index in [4.69, 9.17) is 0 Å². The lowest BCUT2D eigenvalue weighted by Crippen LogP contribution is -2.33. The van der Waals surface area contributed by atoms with Crippen molar-refractivity contribution in [2.24, 2.45) is 0 Å². The monoisotopic (exact) mass is 204 g/mol. The first-order valence-electron chi connectivity index (χ1n) is 3.75. The van der Waals surface area contributed by atoms with Crippen LogP contribution < -0.4 is 4.72 Å². The van der Waals surface area contributed by atoms with Gasteiger partial charge in [0.25, 0.3) is 0 Å². The van der Waals surface area contributed by atoms with Crippen LogP contribution in [0.3, 0.4) is 0 Å². The highest BCUT2D eigenvalue weighted by atomic mass is 32.2. The fraction of sp³-hybridized carbons (Fsp3) is 0.571. The summed E-state index contributed by atoms with van der Waals surface area (Å²) in [6.07, 6.45) is 2.55. The van der Waals surface area contributed by atoms with Crippen molar-refractivity contribution >= 4 is 15.7 Å². The van der Waals surface area contributed by atoms with Crippen molar-refractivity contribution in [2.75, 3.05) is 4.72 Å². The molecule has 0 spiro atoms. The van der Waals surface area contributed by atoms with E-state index in [1.54, 1.807) is 20.8 Å². The zero-order valence-electron chi connectivity index (χ0n) is 7.73. The smallest absolute Gasteiger partial charge is 0.237 e. The van der Waals surface area contributed by atoms with Gasteiger partial charge in [-0.3, -0.25) is 4.72 Å². The van der Waals surface area contributed by atoms with E-state index in [1.165, 1.54) is 12.5 Å². The molecular weight excluding hydrogens is 192 g/mol. The van der Waals surface area contributed by atoms with Crippen LogP contribution in [0.4, 0.5) is 5.69 Å². The Balaban J connectivity index is 2.87. The minimum atomic E-state index is -3.37. The Bertz CT molecular complexity index is 361. The van der Waals surface area contributed by atoms with Gasteiger partial charge in [0.1, 0.15) is 12.0 Å². The lowest BCUT2D eigenvalue weighted by Gasteiger charge is -2.19. The zero-order valence-corrected chi connectivity index (χ0v) is 8.55. The maximum atomic E-state index is 11.5. The Labute approximate surface area is 77.2 Å². The Morgan fingerprint density at radius 1 is 1.46 bits per heavy atom. The number of anilines is 1. The van der Waals surface area contributed by atoms with Gasteiger partial charge in [0.05, 0.1) is 10.9 Å². The summed E-state index contributed by atoms with van der Waals surface area (Å²) < 4.78 is 29.1. The quantitative estimate of drug-likeness (QED) is 0.786. The van der Waals surface area contributed by atoms with E-state index in [0.717, 1.165) is 0 Å². The fourth-order valence-electron chi connectivity index (χ4n) is 0.564. The number of nitrogens with one attached hydrogen (secondary N) is 1. The molecule has 1 aromatic heterocycles. The lowest BCUT2D eigenvalue weighted by atomic mass is 10.3. The molecule has 0 unspecified atom stereocenters. The molecule has 0 saturated heterocycles. The molecule has 0 aromatic carbocycles. The number of rotatable bonds is 2. The Hall–Kier alpha value is -1.04. The Kier molecular flexibility index (Phi) is 2.34. The Morgan fingerprint density at radius 3 is 2.46 bits per heavy atom. The molecule has 74 valence electrons. The molecule has 0 saturated carbocycles. The van der Waals surface area contributed by atoms with Gasteiger partial charge >= 0.3 is 0 Å². The third-order valence-corrected chi connectivity index (χ3v) is 3.61. The molecule has 1 N–H and O–H groups in total. The second kappa shape index (κ2) is 3.02. The molecule has 0 bridgehead atoms. The summed E-state index contributed by atoms with van der Waals surface area (Å²) in [4.78, 5) is 0. The highest BCUT2D eigenvalue weighted by Crippen LogP contribution is 2.18. The lowest BCUT2D eigenvalue weighted by molar-refractivity contribution is 0.420. The van der Waals surface area contributed by atoms with E-state index in [2.05, 4.69) is 14.4 Å². The van der Waals surface area contributed by atoms with Crippen molar-refractivity contribution in [2.45, 2.75) is 25.5 Å². The van der Waals surface area contributed by atoms with Gasteiger partial charge in [-0.05, 0) is 20.8 Å². The summed E-state index contributed by atoms with van der Waals surface area (Å²) in [6, 6.07) is 0. The first kappa shape index (κ1) is 10.0. The van der Waals surface area contributed by atoms with Crippen LogP contribution in [0, 0.1) is 0 Å². The van der Waals surface area contributed by atoms with Crippen molar-refractivity contribution in [1.29, 1.82) is 0 Å². The van der Waals surface area contributed by atoms with Crippen molar-refractivity contribution in [3.05, 3.63) is 12.5 Å². The number of hydrogen-bond donors (Lipinski definition) is 1. The topological polar surface area (TPSA) is 72.2 Å². The molecule has 1 heterocycles. The van der Waals surface area contributed by atoms with Gasteiger partial charge in [0, 0.05) is 0 Å². The van der Waals surface area contributed by atoms with Crippen LogP contribution in [-0.4, -0.2) is 18.3 Å². The van der Waals surface area contributed by atoms with Gasteiger partial charge in [-0.25, -0.2) is 8.42 Å². The molecule has 6 heteroatoms. The SMILES string of the molecule is CC(C)(C)S(=O)(=O)Nc1cnoc1. The van der Waals surface area contributed by atoms with E-state index < -0.39 is 14.8 Å². The molecule has 1 aromatic rings. The van der Waals surface area contributed by atoms with E-state index >= 15 is 0 Å². The minimum Gasteiger partial charge on any atom is -0.362 e. The molecule has 13 heavy (non-hydrogen) atoms. The van der Waals surface area contributed by atoms with Crippen LogP contribution in [-0.2, 0) is 10.0 Å². The van der Waals surface area contributed by atoms with E-state index in [9.17, 15) is 8.42 Å². The predicted molar refractivity (Wildman–Crippen MR) is 48.8 cm³/mol. The molecule has 0 aliphatic carbocycles. The number of nitrogens with zero attached hydrogens (tertiary/aromatic N) is 1. The van der Waals surface area contributed by atoms with Gasteiger partial charge in [0.2, 0.25) is 10.0 Å². The summed E-state index contributed by atoms with van der Waals surface area (Å²) in [5.41, 5.74) is 0.343. The molecule has 0 aliphatic rings. The largest absolute Gasteiger partial charge is 0.362 e. The summed E-state index contributed by atoms with van der Waals surface area (Å²) >= 11 is 0. The highest BCUT2D eigenvalue weighted by molar-refractivity contribution is 7.94. The fourth-order valence-corrected chi connectivity index (χ4v) is 1.28. The highest BCUT2D eigenvalue weighted by Gasteiger charge is 2.29. The van der Waals surface area contributed by atoms with Crippen molar-refractivity contribution in [1.82, 2.24) is 5.16 Å². The van der Waals surface area contributed by atoms with Crippen LogP contribution in [0.25, 0.3) is 0 Å². The van der Waals surface area contributed by atoms with Crippen LogP contribution in [0.2, 0.25) is 0 Å². The standard InChI is InChI=1S/C7H12N2O3S/c1-7(2,3)13(10,11)9-6-4-8-12-5-6/h4-5,9H,1-3H3. The molecule has 1 rings (SSSR count). The van der Waals surface area contributed by atoms with Gasteiger partial charge in [-0.2, -0.15) is 0 Å². The summed E-state index contributed by atoms with van der Waals surface area (Å²) in [6.45, 7) is 4.84. The predicted octanol–water partition coefficient (Wildman–Crippen LogP) is 1.21. The molecule has 0 aliphatic heterocycles. The summed E-state index contributed by atoms with van der Waals surface area (Å²) in [7, 11) is -3.37. The van der Waals surface area contributed by atoms with Gasteiger partial charge in [-0.1, -0.05) is 5.16 Å².